The van der Waals surface area contributed by atoms with Crippen LogP contribution in [0, 0.1) is 0 Å². The van der Waals surface area contributed by atoms with E-state index < -0.39 is 0 Å². The van der Waals surface area contributed by atoms with Crippen LogP contribution in [0.4, 0.5) is 5.82 Å². The molecule has 0 saturated carbocycles. The Balaban J connectivity index is 1.56. The zero-order chi connectivity index (χ0) is 20.2. The Morgan fingerprint density at radius 3 is 2.76 bits per heavy atom. The van der Waals surface area contributed by atoms with E-state index in [1.54, 1.807) is 6.92 Å². The van der Waals surface area contributed by atoms with Gasteiger partial charge in [-0.1, -0.05) is 36.8 Å². The lowest BCUT2D eigenvalue weighted by Crippen LogP contribution is -2.38. The summed E-state index contributed by atoms with van der Waals surface area (Å²) in [7, 11) is 1.91. The van der Waals surface area contributed by atoms with Gasteiger partial charge in [-0.3, -0.25) is 9.69 Å². The van der Waals surface area contributed by atoms with Gasteiger partial charge in [-0.05, 0) is 31.4 Å². The Morgan fingerprint density at radius 1 is 1.17 bits per heavy atom. The van der Waals surface area contributed by atoms with Gasteiger partial charge >= 0.3 is 0 Å². The van der Waals surface area contributed by atoms with Crippen LogP contribution in [0.3, 0.4) is 0 Å². The second kappa shape index (κ2) is 8.91. The van der Waals surface area contributed by atoms with Crippen LogP contribution in [-0.2, 0) is 24.2 Å². The Morgan fingerprint density at radius 2 is 2.00 bits per heavy atom. The molecule has 1 N–H and O–H groups in total. The highest BCUT2D eigenvalue weighted by atomic mass is 16.2. The summed E-state index contributed by atoms with van der Waals surface area (Å²) in [5.74, 6) is 1.93. The number of fused-ring (bicyclic) bond motifs is 1. The summed E-state index contributed by atoms with van der Waals surface area (Å²) in [6.07, 6.45) is 5.42. The van der Waals surface area contributed by atoms with Crippen LogP contribution in [0.25, 0.3) is 0 Å². The average molecular weight is 394 g/mol. The number of likely N-dealkylation sites (tertiary alicyclic amines) is 1. The highest BCUT2D eigenvalue weighted by molar-refractivity contribution is 5.74. The molecule has 0 bridgehead atoms. The van der Waals surface area contributed by atoms with Gasteiger partial charge in [0.2, 0.25) is 5.91 Å². The van der Waals surface area contributed by atoms with E-state index in [-0.39, 0.29) is 11.9 Å². The van der Waals surface area contributed by atoms with Crippen molar-refractivity contribution < 1.29 is 4.79 Å². The topological polar surface area (TPSA) is 61.4 Å². The Hall–Kier alpha value is -2.47. The SMILES string of the molecule is CNc1nc(C2CCCCN2CCc2ccccc2)nc2c1CN(C(C)=O)CC2. The molecule has 1 aromatic carbocycles. The Bertz CT molecular complexity index is 837. The fourth-order valence-corrected chi connectivity index (χ4v) is 4.53. The van der Waals surface area contributed by atoms with Crippen molar-refractivity contribution in [2.75, 3.05) is 32.0 Å². The molecule has 2 aromatic rings. The molecule has 1 fully saturated rings. The molecule has 0 radical (unpaired) electrons. The maximum atomic E-state index is 11.8. The van der Waals surface area contributed by atoms with Gasteiger partial charge in [0.15, 0.2) is 0 Å². The van der Waals surface area contributed by atoms with E-state index in [2.05, 4.69) is 40.5 Å². The van der Waals surface area contributed by atoms with E-state index >= 15 is 0 Å². The summed E-state index contributed by atoms with van der Waals surface area (Å²) in [6, 6.07) is 11.0. The lowest BCUT2D eigenvalue weighted by molar-refractivity contribution is -0.129. The zero-order valence-corrected chi connectivity index (χ0v) is 17.5. The maximum Gasteiger partial charge on any atom is 0.219 e. The number of benzene rings is 1. The first-order valence-electron chi connectivity index (χ1n) is 10.8. The molecule has 154 valence electrons. The number of piperidine rings is 1. The predicted octanol–water partition coefficient (Wildman–Crippen LogP) is 3.19. The van der Waals surface area contributed by atoms with Crippen molar-refractivity contribution in [1.29, 1.82) is 0 Å². The number of aromatic nitrogens is 2. The van der Waals surface area contributed by atoms with Crippen molar-refractivity contribution in [3.63, 3.8) is 0 Å². The fourth-order valence-electron chi connectivity index (χ4n) is 4.53. The van der Waals surface area contributed by atoms with E-state index in [4.69, 9.17) is 9.97 Å². The second-order valence-electron chi connectivity index (χ2n) is 8.08. The van der Waals surface area contributed by atoms with Crippen LogP contribution in [0.1, 0.15) is 54.9 Å². The van der Waals surface area contributed by atoms with Gasteiger partial charge in [0.05, 0.1) is 18.3 Å². The molecule has 29 heavy (non-hydrogen) atoms. The number of carbonyl (C=O) groups is 1. The minimum absolute atomic E-state index is 0.112. The van der Waals surface area contributed by atoms with Crippen molar-refractivity contribution in [3.05, 3.63) is 53.0 Å². The summed E-state index contributed by atoms with van der Waals surface area (Å²) in [5.41, 5.74) is 3.55. The summed E-state index contributed by atoms with van der Waals surface area (Å²) in [4.78, 5) is 26.2. The number of nitrogens with one attached hydrogen (secondary N) is 1. The number of hydrogen-bond donors (Lipinski definition) is 1. The third kappa shape index (κ3) is 4.42. The molecular formula is C23H31N5O. The fraction of sp³-hybridized carbons (Fsp3) is 0.522. The number of amides is 1. The average Bonchev–Trinajstić information content (AvgIpc) is 2.77. The van der Waals surface area contributed by atoms with Crippen LogP contribution in [-0.4, -0.2) is 52.4 Å². The molecule has 1 saturated heterocycles. The summed E-state index contributed by atoms with van der Waals surface area (Å²) in [6.45, 7) is 5.10. The minimum Gasteiger partial charge on any atom is -0.373 e. The third-order valence-corrected chi connectivity index (χ3v) is 6.20. The number of hydrogen-bond acceptors (Lipinski definition) is 5. The molecule has 1 aromatic heterocycles. The van der Waals surface area contributed by atoms with Crippen molar-refractivity contribution >= 4 is 11.7 Å². The number of nitrogens with zero attached hydrogens (tertiary/aromatic N) is 4. The van der Waals surface area contributed by atoms with E-state index in [1.165, 1.54) is 18.4 Å². The van der Waals surface area contributed by atoms with Crippen LogP contribution < -0.4 is 5.32 Å². The molecular weight excluding hydrogens is 362 g/mol. The van der Waals surface area contributed by atoms with Gasteiger partial charge in [0.25, 0.3) is 0 Å². The molecule has 1 atom stereocenters. The van der Waals surface area contributed by atoms with E-state index in [0.29, 0.717) is 6.54 Å². The molecule has 3 heterocycles. The normalized spacial score (nSPS) is 19.7. The van der Waals surface area contributed by atoms with Gasteiger partial charge in [0.1, 0.15) is 11.6 Å². The second-order valence-corrected chi connectivity index (χ2v) is 8.08. The van der Waals surface area contributed by atoms with Crippen molar-refractivity contribution in [2.24, 2.45) is 0 Å². The van der Waals surface area contributed by atoms with Gasteiger partial charge < -0.3 is 10.2 Å². The lowest BCUT2D eigenvalue weighted by atomic mass is 9.99. The predicted molar refractivity (Wildman–Crippen MR) is 115 cm³/mol. The van der Waals surface area contributed by atoms with Crippen molar-refractivity contribution in [3.8, 4) is 0 Å². The molecule has 6 heteroatoms. The number of carbonyl (C=O) groups excluding carboxylic acids is 1. The first kappa shape index (κ1) is 19.8. The Kier molecular flexibility index (Phi) is 6.09. The summed E-state index contributed by atoms with van der Waals surface area (Å²) in [5, 5.41) is 3.26. The quantitative estimate of drug-likeness (QED) is 0.845. The molecule has 1 unspecified atom stereocenters. The highest BCUT2D eigenvalue weighted by Gasteiger charge is 2.29. The van der Waals surface area contributed by atoms with Crippen LogP contribution in [0.5, 0.6) is 0 Å². The lowest BCUT2D eigenvalue weighted by Gasteiger charge is -2.36. The monoisotopic (exact) mass is 393 g/mol. The molecule has 2 aliphatic rings. The first-order valence-corrected chi connectivity index (χ1v) is 10.8. The number of rotatable bonds is 5. The molecule has 2 aliphatic heterocycles. The summed E-state index contributed by atoms with van der Waals surface area (Å²) < 4.78 is 0. The molecule has 0 spiro atoms. The smallest absolute Gasteiger partial charge is 0.219 e. The van der Waals surface area contributed by atoms with Crippen LogP contribution in [0.15, 0.2) is 30.3 Å². The van der Waals surface area contributed by atoms with Gasteiger partial charge in [-0.25, -0.2) is 9.97 Å². The Labute approximate surface area is 173 Å². The van der Waals surface area contributed by atoms with Gasteiger partial charge in [0, 0.05) is 39.0 Å². The van der Waals surface area contributed by atoms with Crippen LogP contribution >= 0.6 is 0 Å². The standard InChI is InChI=1S/C23H31N5O/c1-17(29)28-15-12-20-19(16-28)22(24-2)26-23(25-20)21-10-6-7-13-27(21)14-11-18-8-4-3-5-9-18/h3-5,8-9,21H,6-7,10-16H2,1-2H3,(H,24,25,26). The third-order valence-electron chi connectivity index (χ3n) is 6.20. The zero-order valence-electron chi connectivity index (χ0n) is 17.5. The maximum absolute atomic E-state index is 11.8. The highest BCUT2D eigenvalue weighted by Crippen LogP contribution is 2.32. The number of anilines is 1. The minimum atomic E-state index is 0.112. The van der Waals surface area contributed by atoms with Gasteiger partial charge in [-0.15, -0.1) is 0 Å². The first-order chi connectivity index (χ1) is 14.2. The molecule has 6 nitrogen and oxygen atoms in total. The molecule has 0 aliphatic carbocycles. The van der Waals surface area contributed by atoms with Crippen molar-refractivity contribution in [2.45, 2.75) is 51.6 Å². The van der Waals surface area contributed by atoms with E-state index in [0.717, 1.165) is 61.8 Å². The van der Waals surface area contributed by atoms with Gasteiger partial charge in [-0.2, -0.15) is 0 Å². The largest absolute Gasteiger partial charge is 0.373 e. The summed E-state index contributed by atoms with van der Waals surface area (Å²) >= 11 is 0. The van der Waals surface area contributed by atoms with E-state index in [1.807, 2.05) is 11.9 Å². The molecule has 1 amide bonds. The van der Waals surface area contributed by atoms with Crippen LogP contribution in [0.2, 0.25) is 0 Å². The molecule has 4 rings (SSSR count). The van der Waals surface area contributed by atoms with Crippen molar-refractivity contribution in [1.82, 2.24) is 19.8 Å². The van der Waals surface area contributed by atoms with E-state index in [9.17, 15) is 4.79 Å².